The third-order valence-electron chi connectivity index (χ3n) is 4.23. The van der Waals surface area contributed by atoms with E-state index < -0.39 is 5.82 Å². The van der Waals surface area contributed by atoms with E-state index >= 15 is 0 Å². The summed E-state index contributed by atoms with van der Waals surface area (Å²) in [5.41, 5.74) is 0.242. The van der Waals surface area contributed by atoms with E-state index in [0.717, 1.165) is 32.5 Å². The third kappa shape index (κ3) is 4.39. The number of likely N-dealkylation sites (tertiary alicyclic amines) is 1. The van der Waals surface area contributed by atoms with Crippen LogP contribution in [0, 0.1) is 11.7 Å². The molecule has 0 bridgehead atoms. The van der Waals surface area contributed by atoms with E-state index in [4.69, 9.17) is 0 Å². The van der Waals surface area contributed by atoms with Crippen molar-refractivity contribution in [3.8, 4) is 0 Å². The van der Waals surface area contributed by atoms with Crippen LogP contribution in [-0.4, -0.2) is 40.2 Å². The number of anilines is 1. The Labute approximate surface area is 135 Å². The lowest BCUT2D eigenvalue weighted by Gasteiger charge is -2.31. The maximum absolute atomic E-state index is 13.5. The zero-order chi connectivity index (χ0) is 16.1. The zero-order valence-corrected chi connectivity index (χ0v) is 13.0. The lowest BCUT2D eigenvalue weighted by Crippen LogP contribution is -2.40. The molecule has 0 unspecified atom stereocenters. The highest BCUT2D eigenvalue weighted by atomic mass is 19.1. The fourth-order valence-electron chi connectivity index (χ4n) is 2.96. The second-order valence-corrected chi connectivity index (χ2v) is 5.98. The summed E-state index contributed by atoms with van der Waals surface area (Å²) in [7, 11) is 0. The van der Waals surface area contributed by atoms with Crippen LogP contribution in [0.2, 0.25) is 0 Å². The molecule has 0 atom stereocenters. The minimum absolute atomic E-state index is 0.166. The van der Waals surface area contributed by atoms with E-state index in [-0.39, 0.29) is 11.6 Å². The number of rotatable bonds is 5. The van der Waals surface area contributed by atoms with Gasteiger partial charge in [-0.25, -0.2) is 4.39 Å². The summed E-state index contributed by atoms with van der Waals surface area (Å²) in [6.07, 6.45) is 5.87. The molecular weight excluding hydrogens is 295 g/mol. The maximum Gasteiger partial charge on any atom is 0.238 e. The predicted octanol–water partition coefficient (Wildman–Crippen LogP) is 2.37. The van der Waals surface area contributed by atoms with Crippen LogP contribution in [0.5, 0.6) is 0 Å². The summed E-state index contributed by atoms with van der Waals surface area (Å²) >= 11 is 0. The SMILES string of the molecule is O=C(CN1CCC(Cn2cccn2)CC1)Nc1ccccc1F. The fourth-order valence-corrected chi connectivity index (χ4v) is 2.96. The van der Waals surface area contributed by atoms with Gasteiger partial charge in [0.2, 0.25) is 5.91 Å². The first-order valence-electron chi connectivity index (χ1n) is 7.95. The molecule has 5 nitrogen and oxygen atoms in total. The first-order valence-corrected chi connectivity index (χ1v) is 7.95. The average molecular weight is 316 g/mol. The number of nitrogens with one attached hydrogen (secondary N) is 1. The van der Waals surface area contributed by atoms with Crippen LogP contribution in [0.15, 0.2) is 42.7 Å². The van der Waals surface area contributed by atoms with Gasteiger partial charge < -0.3 is 5.32 Å². The molecule has 1 aromatic carbocycles. The van der Waals surface area contributed by atoms with Gasteiger partial charge in [-0.1, -0.05) is 12.1 Å². The highest BCUT2D eigenvalue weighted by Gasteiger charge is 2.21. The molecule has 2 aromatic rings. The molecule has 2 heterocycles. The lowest BCUT2D eigenvalue weighted by atomic mass is 9.97. The van der Waals surface area contributed by atoms with E-state index in [2.05, 4.69) is 15.3 Å². The highest BCUT2D eigenvalue weighted by Crippen LogP contribution is 2.19. The van der Waals surface area contributed by atoms with Crippen molar-refractivity contribution in [2.45, 2.75) is 19.4 Å². The van der Waals surface area contributed by atoms with Gasteiger partial charge >= 0.3 is 0 Å². The second-order valence-electron chi connectivity index (χ2n) is 5.98. The Balaban J connectivity index is 1.43. The van der Waals surface area contributed by atoms with Crippen LogP contribution >= 0.6 is 0 Å². The largest absolute Gasteiger partial charge is 0.322 e. The van der Waals surface area contributed by atoms with Gasteiger partial charge in [0, 0.05) is 18.9 Å². The van der Waals surface area contributed by atoms with Crippen LogP contribution < -0.4 is 5.32 Å². The van der Waals surface area contributed by atoms with Gasteiger partial charge in [-0.15, -0.1) is 0 Å². The molecule has 0 saturated carbocycles. The maximum atomic E-state index is 13.5. The number of piperidine rings is 1. The van der Waals surface area contributed by atoms with Crippen molar-refractivity contribution in [1.82, 2.24) is 14.7 Å². The van der Waals surface area contributed by atoms with Crippen molar-refractivity contribution in [3.05, 3.63) is 48.5 Å². The molecular formula is C17H21FN4O. The highest BCUT2D eigenvalue weighted by molar-refractivity contribution is 5.92. The first kappa shape index (κ1) is 15.7. The van der Waals surface area contributed by atoms with Crippen molar-refractivity contribution in [2.24, 2.45) is 5.92 Å². The van der Waals surface area contributed by atoms with Crippen molar-refractivity contribution >= 4 is 11.6 Å². The average Bonchev–Trinajstić information content (AvgIpc) is 3.04. The molecule has 1 fully saturated rings. The molecule has 0 aliphatic carbocycles. The molecule has 122 valence electrons. The molecule has 1 amide bonds. The predicted molar refractivity (Wildman–Crippen MR) is 86.4 cm³/mol. The van der Waals surface area contributed by atoms with Crippen LogP contribution in [0.1, 0.15) is 12.8 Å². The minimum Gasteiger partial charge on any atom is -0.322 e. The van der Waals surface area contributed by atoms with E-state index in [9.17, 15) is 9.18 Å². The van der Waals surface area contributed by atoms with Gasteiger partial charge in [-0.3, -0.25) is 14.4 Å². The molecule has 1 saturated heterocycles. The number of hydrogen-bond acceptors (Lipinski definition) is 3. The lowest BCUT2D eigenvalue weighted by molar-refractivity contribution is -0.117. The Morgan fingerprint density at radius 2 is 2.04 bits per heavy atom. The number of aromatic nitrogens is 2. The Kier molecular flexibility index (Phi) is 5.02. The number of benzene rings is 1. The van der Waals surface area contributed by atoms with E-state index in [1.807, 2.05) is 16.9 Å². The number of halogens is 1. The summed E-state index contributed by atoms with van der Waals surface area (Å²) in [5.74, 6) is 0.0280. The van der Waals surface area contributed by atoms with Crippen molar-refractivity contribution in [2.75, 3.05) is 25.0 Å². The van der Waals surface area contributed by atoms with Gasteiger partial charge in [0.25, 0.3) is 0 Å². The van der Waals surface area contributed by atoms with Crippen molar-refractivity contribution < 1.29 is 9.18 Å². The Bertz CT molecular complexity index is 636. The number of para-hydroxylation sites is 1. The Morgan fingerprint density at radius 1 is 1.26 bits per heavy atom. The Morgan fingerprint density at radius 3 is 2.74 bits per heavy atom. The molecule has 6 heteroatoms. The van der Waals surface area contributed by atoms with Gasteiger partial charge in [-0.2, -0.15) is 5.10 Å². The summed E-state index contributed by atoms with van der Waals surface area (Å²) in [5, 5.41) is 6.87. The molecule has 3 rings (SSSR count). The van der Waals surface area contributed by atoms with E-state index in [1.54, 1.807) is 24.4 Å². The second kappa shape index (κ2) is 7.37. The summed E-state index contributed by atoms with van der Waals surface area (Å²) in [4.78, 5) is 14.2. The standard InChI is InChI=1S/C17H21FN4O/c18-15-4-1-2-5-16(15)20-17(23)13-21-10-6-14(7-11-21)12-22-9-3-8-19-22/h1-5,8-9,14H,6-7,10-13H2,(H,20,23). The van der Waals surface area contributed by atoms with Gasteiger partial charge in [0.05, 0.1) is 12.2 Å². The van der Waals surface area contributed by atoms with Crippen molar-refractivity contribution in [3.63, 3.8) is 0 Å². The van der Waals surface area contributed by atoms with E-state index in [0.29, 0.717) is 12.5 Å². The number of hydrogen-bond donors (Lipinski definition) is 1. The fraction of sp³-hybridized carbons (Fsp3) is 0.412. The molecule has 1 aliphatic rings. The van der Waals surface area contributed by atoms with E-state index in [1.165, 1.54) is 6.07 Å². The molecule has 0 radical (unpaired) electrons. The van der Waals surface area contributed by atoms with Crippen LogP contribution in [0.3, 0.4) is 0 Å². The van der Waals surface area contributed by atoms with Crippen LogP contribution in [0.25, 0.3) is 0 Å². The minimum atomic E-state index is -0.404. The molecule has 1 aromatic heterocycles. The van der Waals surface area contributed by atoms with Crippen molar-refractivity contribution in [1.29, 1.82) is 0 Å². The molecule has 0 spiro atoms. The summed E-state index contributed by atoms with van der Waals surface area (Å²) in [6, 6.07) is 8.16. The van der Waals surface area contributed by atoms with Crippen LogP contribution in [-0.2, 0) is 11.3 Å². The quantitative estimate of drug-likeness (QED) is 0.921. The van der Waals surface area contributed by atoms with Gasteiger partial charge in [-0.05, 0) is 50.0 Å². The summed E-state index contributed by atoms with van der Waals surface area (Å²) < 4.78 is 15.5. The Hall–Kier alpha value is -2.21. The third-order valence-corrected chi connectivity index (χ3v) is 4.23. The topological polar surface area (TPSA) is 50.2 Å². The smallest absolute Gasteiger partial charge is 0.238 e. The summed E-state index contributed by atoms with van der Waals surface area (Å²) in [6.45, 7) is 3.01. The molecule has 23 heavy (non-hydrogen) atoms. The number of amides is 1. The number of carbonyl (C=O) groups is 1. The normalized spacial score (nSPS) is 16.4. The zero-order valence-electron chi connectivity index (χ0n) is 13.0. The van der Waals surface area contributed by atoms with Gasteiger partial charge in [0.15, 0.2) is 0 Å². The van der Waals surface area contributed by atoms with Crippen LogP contribution in [0.4, 0.5) is 10.1 Å². The van der Waals surface area contributed by atoms with Gasteiger partial charge in [0.1, 0.15) is 5.82 Å². The molecule has 1 aliphatic heterocycles. The number of nitrogens with zero attached hydrogens (tertiary/aromatic N) is 3. The number of carbonyl (C=O) groups excluding carboxylic acids is 1. The first-order chi connectivity index (χ1) is 11.2. The molecule has 1 N–H and O–H groups in total. The monoisotopic (exact) mass is 316 g/mol.